The van der Waals surface area contributed by atoms with Gasteiger partial charge in [-0.2, -0.15) is 13.2 Å². The quantitative estimate of drug-likeness (QED) is 0.440. The minimum Gasteiger partial charge on any atom is -0.478 e. The number of aryl methyl sites for hydroxylation is 1. The highest BCUT2D eigenvalue weighted by atomic mass is 19.4. The summed E-state index contributed by atoms with van der Waals surface area (Å²) in [5, 5.41) is 19.6. The number of nitrogens with one attached hydrogen (secondary N) is 1. The van der Waals surface area contributed by atoms with E-state index >= 15 is 0 Å². The Morgan fingerprint density at radius 2 is 1.46 bits per heavy atom. The molecule has 0 spiro atoms. The van der Waals surface area contributed by atoms with Gasteiger partial charge in [0.1, 0.15) is 0 Å². The van der Waals surface area contributed by atoms with Crippen molar-refractivity contribution in [2.24, 2.45) is 0 Å². The van der Waals surface area contributed by atoms with Crippen LogP contribution in [-0.4, -0.2) is 41.3 Å². The van der Waals surface area contributed by atoms with Crippen molar-refractivity contribution in [1.29, 1.82) is 0 Å². The second kappa shape index (κ2) is 11.7. The maximum Gasteiger partial charge on any atom is 0.490 e. The number of benzene rings is 3. The second-order valence-corrected chi connectivity index (χ2v) is 7.45. The molecule has 0 aliphatic heterocycles. The number of aromatic carboxylic acids is 1. The van der Waals surface area contributed by atoms with Gasteiger partial charge in [-0.25, -0.2) is 9.59 Å². The highest BCUT2D eigenvalue weighted by Gasteiger charge is 2.38. The molecule has 0 fully saturated rings. The summed E-state index contributed by atoms with van der Waals surface area (Å²) in [6.45, 7) is 2.44. The van der Waals surface area contributed by atoms with E-state index in [0.717, 1.165) is 11.1 Å². The highest BCUT2D eigenvalue weighted by Crippen LogP contribution is 2.25. The van der Waals surface area contributed by atoms with Gasteiger partial charge < -0.3 is 20.4 Å². The summed E-state index contributed by atoms with van der Waals surface area (Å²) < 4.78 is 31.7. The van der Waals surface area contributed by atoms with E-state index in [9.17, 15) is 27.9 Å². The Hall–Kier alpha value is -4.34. The van der Waals surface area contributed by atoms with Gasteiger partial charge >= 0.3 is 18.1 Å². The standard InChI is InChI=1S/C23H22N2O3.C2HF3O2/c1-16-8-6-7-11-19(16)22(26)24-18-12-13-21(20(14-18)23(27)28)25(2)15-17-9-4-3-5-10-17;3-2(4,5)1(6)7/h3-14H,15H2,1-2H3,(H,24,26)(H,27,28);(H,6,7). The number of hydrogen-bond donors (Lipinski definition) is 3. The first-order valence-electron chi connectivity index (χ1n) is 10.2. The molecule has 0 unspecified atom stereocenters. The van der Waals surface area contributed by atoms with Crippen molar-refractivity contribution in [3.63, 3.8) is 0 Å². The SMILES string of the molecule is Cc1ccccc1C(=O)Nc1ccc(N(C)Cc2ccccc2)c(C(=O)O)c1.O=C(O)C(F)(F)F. The van der Waals surface area contributed by atoms with Crippen molar-refractivity contribution in [1.82, 2.24) is 0 Å². The van der Waals surface area contributed by atoms with E-state index in [1.807, 2.05) is 61.3 Å². The van der Waals surface area contributed by atoms with E-state index in [2.05, 4.69) is 5.32 Å². The van der Waals surface area contributed by atoms with Crippen LogP contribution in [0.5, 0.6) is 0 Å². The van der Waals surface area contributed by atoms with Crippen molar-refractivity contribution in [3.05, 3.63) is 95.1 Å². The lowest BCUT2D eigenvalue weighted by molar-refractivity contribution is -0.192. The lowest BCUT2D eigenvalue weighted by Crippen LogP contribution is -2.21. The number of carbonyl (C=O) groups is 3. The molecule has 0 bridgehead atoms. The van der Waals surface area contributed by atoms with Crippen molar-refractivity contribution in [2.45, 2.75) is 19.6 Å². The molecule has 0 aromatic heterocycles. The summed E-state index contributed by atoms with van der Waals surface area (Å²) in [6, 6.07) is 22.0. The van der Waals surface area contributed by atoms with Crippen LogP contribution in [0.1, 0.15) is 31.8 Å². The Kier molecular flexibility index (Phi) is 8.98. The number of anilines is 2. The molecule has 7 nitrogen and oxygen atoms in total. The maximum atomic E-state index is 12.5. The summed E-state index contributed by atoms with van der Waals surface area (Å²) in [5.41, 5.74) is 3.68. The zero-order valence-electron chi connectivity index (χ0n) is 18.8. The summed E-state index contributed by atoms with van der Waals surface area (Å²) >= 11 is 0. The van der Waals surface area contributed by atoms with E-state index in [-0.39, 0.29) is 11.5 Å². The van der Waals surface area contributed by atoms with E-state index in [0.29, 0.717) is 23.5 Å². The zero-order valence-corrected chi connectivity index (χ0v) is 18.8. The fourth-order valence-electron chi connectivity index (χ4n) is 3.09. The van der Waals surface area contributed by atoms with Crippen LogP contribution in [0.3, 0.4) is 0 Å². The van der Waals surface area contributed by atoms with Crippen LogP contribution in [0.15, 0.2) is 72.8 Å². The number of hydrogen-bond acceptors (Lipinski definition) is 4. The van der Waals surface area contributed by atoms with Crippen LogP contribution in [-0.2, 0) is 11.3 Å². The summed E-state index contributed by atoms with van der Waals surface area (Å²) in [6.07, 6.45) is -5.08. The summed E-state index contributed by atoms with van der Waals surface area (Å²) in [5.74, 6) is -4.06. The largest absolute Gasteiger partial charge is 0.490 e. The number of carboxylic acids is 2. The molecule has 1 amide bonds. The molecule has 35 heavy (non-hydrogen) atoms. The predicted octanol–water partition coefficient (Wildman–Crippen LogP) is 5.22. The molecule has 0 radical (unpaired) electrons. The van der Waals surface area contributed by atoms with Gasteiger partial charge in [-0.1, -0.05) is 48.5 Å². The zero-order chi connectivity index (χ0) is 26.2. The van der Waals surface area contributed by atoms with Gasteiger partial charge in [0.15, 0.2) is 0 Å². The number of amides is 1. The van der Waals surface area contributed by atoms with Gasteiger partial charge in [0.05, 0.1) is 11.3 Å². The molecule has 3 aromatic rings. The first-order chi connectivity index (χ1) is 16.4. The van der Waals surface area contributed by atoms with Crippen molar-refractivity contribution < 1.29 is 37.8 Å². The Morgan fingerprint density at radius 1 is 0.886 bits per heavy atom. The van der Waals surface area contributed by atoms with Crippen molar-refractivity contribution >= 4 is 29.2 Å². The smallest absolute Gasteiger partial charge is 0.478 e. The average Bonchev–Trinajstić information content (AvgIpc) is 2.79. The average molecular weight is 488 g/mol. The Balaban J connectivity index is 0.000000540. The lowest BCUT2D eigenvalue weighted by atomic mass is 10.1. The molecule has 0 saturated heterocycles. The highest BCUT2D eigenvalue weighted by molar-refractivity contribution is 6.06. The Labute approximate surface area is 199 Å². The first kappa shape index (κ1) is 26.9. The van der Waals surface area contributed by atoms with Gasteiger partial charge in [-0.15, -0.1) is 0 Å². The van der Waals surface area contributed by atoms with Gasteiger partial charge in [0.2, 0.25) is 0 Å². The Bertz CT molecular complexity index is 1200. The third kappa shape index (κ3) is 7.88. The number of carbonyl (C=O) groups excluding carboxylic acids is 1. The fourth-order valence-corrected chi connectivity index (χ4v) is 3.09. The predicted molar refractivity (Wildman–Crippen MR) is 125 cm³/mol. The molecular formula is C25H23F3N2O5. The second-order valence-electron chi connectivity index (χ2n) is 7.45. The lowest BCUT2D eigenvalue weighted by Gasteiger charge is -2.22. The molecule has 3 aromatic carbocycles. The third-order valence-corrected chi connectivity index (χ3v) is 4.79. The number of nitrogens with zero attached hydrogens (tertiary/aromatic N) is 1. The summed E-state index contributed by atoms with van der Waals surface area (Å²) in [7, 11) is 1.85. The molecule has 3 N–H and O–H groups in total. The first-order valence-corrected chi connectivity index (χ1v) is 10.2. The fraction of sp³-hybridized carbons (Fsp3) is 0.160. The van der Waals surface area contributed by atoms with Crippen molar-refractivity contribution in [2.75, 3.05) is 17.3 Å². The molecule has 10 heteroatoms. The van der Waals surface area contributed by atoms with E-state index in [4.69, 9.17) is 9.90 Å². The molecule has 184 valence electrons. The normalized spacial score (nSPS) is 10.5. The van der Waals surface area contributed by atoms with Crippen molar-refractivity contribution in [3.8, 4) is 0 Å². The summed E-state index contributed by atoms with van der Waals surface area (Å²) in [4.78, 5) is 35.1. The molecule has 0 atom stereocenters. The van der Waals surface area contributed by atoms with Crippen LogP contribution in [0.2, 0.25) is 0 Å². The molecule has 0 aliphatic carbocycles. The maximum absolute atomic E-state index is 12.5. The molecule has 0 saturated carbocycles. The minimum atomic E-state index is -5.08. The van der Waals surface area contributed by atoms with E-state index < -0.39 is 18.1 Å². The van der Waals surface area contributed by atoms with Crippen LogP contribution in [0.25, 0.3) is 0 Å². The number of halogens is 3. The number of alkyl halides is 3. The molecular weight excluding hydrogens is 465 g/mol. The topological polar surface area (TPSA) is 107 Å². The van der Waals surface area contributed by atoms with Crippen LogP contribution in [0, 0.1) is 6.92 Å². The van der Waals surface area contributed by atoms with Crippen LogP contribution < -0.4 is 10.2 Å². The molecule has 0 heterocycles. The third-order valence-electron chi connectivity index (χ3n) is 4.79. The minimum absolute atomic E-state index is 0.140. The van der Waals surface area contributed by atoms with Crippen LogP contribution >= 0.6 is 0 Å². The number of aliphatic carboxylic acids is 1. The van der Waals surface area contributed by atoms with Gasteiger partial charge in [-0.05, 0) is 42.3 Å². The van der Waals surface area contributed by atoms with Crippen LogP contribution in [0.4, 0.5) is 24.5 Å². The molecule has 3 rings (SSSR count). The van der Waals surface area contributed by atoms with E-state index in [1.165, 1.54) is 6.07 Å². The Morgan fingerprint density at radius 3 is 2.00 bits per heavy atom. The molecule has 0 aliphatic rings. The number of rotatable bonds is 6. The monoisotopic (exact) mass is 488 g/mol. The van der Waals surface area contributed by atoms with E-state index in [1.54, 1.807) is 24.3 Å². The number of carboxylic acid groups (broad SMARTS) is 2. The van der Waals surface area contributed by atoms with Gasteiger partial charge in [0, 0.05) is 24.8 Å². The van der Waals surface area contributed by atoms with Gasteiger partial charge in [0.25, 0.3) is 5.91 Å². The van der Waals surface area contributed by atoms with Gasteiger partial charge in [-0.3, -0.25) is 4.79 Å².